The van der Waals surface area contributed by atoms with Gasteiger partial charge in [0.2, 0.25) is 5.91 Å². The number of hydrogen-bond donors (Lipinski definition) is 0. The molecule has 4 rings (SSSR count). The normalized spacial score (nSPS) is 22.2. The summed E-state index contributed by atoms with van der Waals surface area (Å²) < 4.78 is 0. The van der Waals surface area contributed by atoms with Gasteiger partial charge in [-0.25, -0.2) is 0 Å². The first-order valence-corrected chi connectivity index (χ1v) is 10.8. The first kappa shape index (κ1) is 19.7. The molecule has 1 aromatic carbocycles. The molecule has 1 aliphatic carbocycles. The molecule has 1 aromatic rings. The molecular weight excluding hydrogens is 376 g/mol. The number of halogens is 1. The van der Waals surface area contributed by atoms with E-state index in [1.165, 1.54) is 19.3 Å². The van der Waals surface area contributed by atoms with E-state index in [9.17, 15) is 9.59 Å². The van der Waals surface area contributed by atoms with Crippen molar-refractivity contribution in [2.45, 2.75) is 25.3 Å². The van der Waals surface area contributed by atoms with Crippen molar-refractivity contribution in [1.29, 1.82) is 0 Å². The maximum absolute atomic E-state index is 12.7. The van der Waals surface area contributed by atoms with Gasteiger partial charge in [-0.2, -0.15) is 0 Å². The summed E-state index contributed by atoms with van der Waals surface area (Å²) in [4.78, 5) is 33.9. The van der Waals surface area contributed by atoms with Crippen LogP contribution in [-0.2, 0) is 4.79 Å². The van der Waals surface area contributed by atoms with E-state index in [1.807, 2.05) is 9.80 Å². The third-order valence-corrected chi connectivity index (χ3v) is 6.58. The van der Waals surface area contributed by atoms with E-state index in [0.717, 1.165) is 45.3 Å². The molecule has 152 valence electrons. The SMILES string of the molecule is O=C(CN1CCN(C(=O)c2cccc(Cl)c2)CC1)N1CCN(C2CCC2)CC1. The summed E-state index contributed by atoms with van der Waals surface area (Å²) in [7, 11) is 0. The quantitative estimate of drug-likeness (QED) is 0.767. The molecular formula is C21H29ClN4O2. The van der Waals surface area contributed by atoms with Gasteiger partial charge in [0.05, 0.1) is 6.54 Å². The smallest absolute Gasteiger partial charge is 0.253 e. The number of rotatable bonds is 4. The maximum atomic E-state index is 12.7. The number of carbonyl (C=O) groups excluding carboxylic acids is 2. The van der Waals surface area contributed by atoms with Crippen molar-refractivity contribution >= 4 is 23.4 Å². The molecule has 0 atom stereocenters. The Bertz CT molecular complexity index is 708. The summed E-state index contributed by atoms with van der Waals surface area (Å²) in [6.45, 7) is 6.95. The second-order valence-electron chi connectivity index (χ2n) is 8.08. The van der Waals surface area contributed by atoms with Crippen molar-refractivity contribution in [3.05, 3.63) is 34.9 Å². The van der Waals surface area contributed by atoms with E-state index in [2.05, 4.69) is 9.80 Å². The fourth-order valence-corrected chi connectivity index (χ4v) is 4.48. The van der Waals surface area contributed by atoms with Crippen LogP contribution < -0.4 is 0 Å². The summed E-state index contributed by atoms with van der Waals surface area (Å²) >= 11 is 6.00. The van der Waals surface area contributed by atoms with E-state index in [4.69, 9.17) is 11.6 Å². The van der Waals surface area contributed by atoms with Crippen LogP contribution in [0.1, 0.15) is 29.6 Å². The van der Waals surface area contributed by atoms with Gasteiger partial charge in [0.25, 0.3) is 5.91 Å². The third kappa shape index (κ3) is 4.50. The highest BCUT2D eigenvalue weighted by atomic mass is 35.5. The van der Waals surface area contributed by atoms with Gasteiger partial charge in [-0.3, -0.25) is 19.4 Å². The highest BCUT2D eigenvalue weighted by Crippen LogP contribution is 2.25. The van der Waals surface area contributed by atoms with Crippen LogP contribution in [0.5, 0.6) is 0 Å². The van der Waals surface area contributed by atoms with Crippen molar-refractivity contribution in [3.8, 4) is 0 Å². The molecule has 7 heteroatoms. The summed E-state index contributed by atoms with van der Waals surface area (Å²) in [6.07, 6.45) is 4.01. The Labute approximate surface area is 172 Å². The maximum Gasteiger partial charge on any atom is 0.253 e. The van der Waals surface area contributed by atoms with Gasteiger partial charge in [0.15, 0.2) is 0 Å². The molecule has 0 unspecified atom stereocenters. The zero-order valence-corrected chi connectivity index (χ0v) is 17.1. The minimum Gasteiger partial charge on any atom is -0.339 e. The number of piperazine rings is 2. The van der Waals surface area contributed by atoms with Crippen LogP contribution in [0, 0.1) is 0 Å². The molecule has 28 heavy (non-hydrogen) atoms. The van der Waals surface area contributed by atoms with Crippen molar-refractivity contribution in [3.63, 3.8) is 0 Å². The van der Waals surface area contributed by atoms with Crippen LogP contribution in [0.3, 0.4) is 0 Å². The Morgan fingerprint density at radius 1 is 0.929 bits per heavy atom. The minimum atomic E-state index is 0.0144. The lowest BCUT2D eigenvalue weighted by molar-refractivity contribution is -0.135. The lowest BCUT2D eigenvalue weighted by Gasteiger charge is -2.43. The monoisotopic (exact) mass is 404 g/mol. The highest BCUT2D eigenvalue weighted by Gasteiger charge is 2.30. The molecule has 2 heterocycles. The number of benzene rings is 1. The van der Waals surface area contributed by atoms with E-state index < -0.39 is 0 Å². The predicted molar refractivity (Wildman–Crippen MR) is 110 cm³/mol. The van der Waals surface area contributed by atoms with Gasteiger partial charge >= 0.3 is 0 Å². The van der Waals surface area contributed by atoms with Gasteiger partial charge in [0, 0.05) is 69.0 Å². The second kappa shape index (κ2) is 8.80. The fraction of sp³-hybridized carbons (Fsp3) is 0.619. The lowest BCUT2D eigenvalue weighted by Crippen LogP contribution is -2.56. The Morgan fingerprint density at radius 2 is 1.61 bits per heavy atom. The molecule has 0 bridgehead atoms. The molecule has 0 radical (unpaired) electrons. The zero-order valence-electron chi connectivity index (χ0n) is 16.4. The van der Waals surface area contributed by atoms with E-state index in [0.29, 0.717) is 30.2 Å². The molecule has 0 aromatic heterocycles. The van der Waals surface area contributed by atoms with E-state index in [1.54, 1.807) is 24.3 Å². The number of nitrogens with zero attached hydrogens (tertiary/aromatic N) is 4. The summed E-state index contributed by atoms with van der Waals surface area (Å²) in [5.74, 6) is 0.239. The average molecular weight is 405 g/mol. The summed E-state index contributed by atoms with van der Waals surface area (Å²) in [5, 5.41) is 0.576. The summed E-state index contributed by atoms with van der Waals surface area (Å²) in [6, 6.07) is 7.85. The van der Waals surface area contributed by atoms with Crippen LogP contribution in [0.4, 0.5) is 0 Å². The molecule has 0 spiro atoms. The molecule has 0 N–H and O–H groups in total. The predicted octanol–water partition coefficient (Wildman–Crippen LogP) is 1.79. The third-order valence-electron chi connectivity index (χ3n) is 6.35. The molecule has 2 saturated heterocycles. The van der Waals surface area contributed by atoms with Crippen LogP contribution in [-0.4, -0.2) is 96.4 Å². The standard InChI is InChI=1S/C21H29ClN4O2/c22-18-4-1-3-17(15-18)21(28)26-9-7-23(8-10-26)16-20(27)25-13-11-24(12-14-25)19-5-2-6-19/h1,3-4,15,19H,2,5-14,16H2. The second-order valence-corrected chi connectivity index (χ2v) is 8.52. The largest absolute Gasteiger partial charge is 0.339 e. The van der Waals surface area contributed by atoms with Gasteiger partial charge in [-0.15, -0.1) is 0 Å². The summed E-state index contributed by atoms with van der Waals surface area (Å²) in [5.41, 5.74) is 0.626. The molecule has 1 saturated carbocycles. The zero-order chi connectivity index (χ0) is 19.5. The number of hydrogen-bond acceptors (Lipinski definition) is 4. The van der Waals surface area contributed by atoms with Crippen LogP contribution in [0.15, 0.2) is 24.3 Å². The minimum absolute atomic E-state index is 0.0144. The molecule has 3 fully saturated rings. The Hall–Kier alpha value is -1.63. The van der Waals surface area contributed by atoms with Gasteiger partial charge in [-0.1, -0.05) is 24.1 Å². The molecule has 2 aliphatic heterocycles. The van der Waals surface area contributed by atoms with Crippen molar-refractivity contribution in [2.24, 2.45) is 0 Å². The van der Waals surface area contributed by atoms with Gasteiger partial charge in [-0.05, 0) is 31.0 Å². The first-order valence-electron chi connectivity index (χ1n) is 10.4. The van der Waals surface area contributed by atoms with Crippen molar-refractivity contribution in [2.75, 3.05) is 58.9 Å². The number of amides is 2. The first-order chi connectivity index (χ1) is 13.6. The molecule has 3 aliphatic rings. The van der Waals surface area contributed by atoms with Crippen LogP contribution in [0.2, 0.25) is 5.02 Å². The average Bonchev–Trinajstić information content (AvgIpc) is 2.67. The number of carbonyl (C=O) groups is 2. The fourth-order valence-electron chi connectivity index (χ4n) is 4.29. The molecule has 6 nitrogen and oxygen atoms in total. The van der Waals surface area contributed by atoms with E-state index >= 15 is 0 Å². The highest BCUT2D eigenvalue weighted by molar-refractivity contribution is 6.30. The van der Waals surface area contributed by atoms with Gasteiger partial charge in [0.1, 0.15) is 0 Å². The lowest BCUT2D eigenvalue weighted by atomic mass is 9.91. The van der Waals surface area contributed by atoms with E-state index in [-0.39, 0.29) is 11.8 Å². The topological polar surface area (TPSA) is 47.1 Å². The van der Waals surface area contributed by atoms with Crippen molar-refractivity contribution < 1.29 is 9.59 Å². The molecule has 2 amide bonds. The van der Waals surface area contributed by atoms with Gasteiger partial charge < -0.3 is 9.80 Å². The Kier molecular flexibility index (Phi) is 6.19. The van der Waals surface area contributed by atoms with Crippen LogP contribution >= 0.6 is 11.6 Å². The van der Waals surface area contributed by atoms with Crippen molar-refractivity contribution in [1.82, 2.24) is 19.6 Å². The van der Waals surface area contributed by atoms with Crippen LogP contribution in [0.25, 0.3) is 0 Å². The Balaban J connectivity index is 1.21. The Morgan fingerprint density at radius 3 is 2.21 bits per heavy atom.